The van der Waals surface area contributed by atoms with Crippen molar-refractivity contribution < 1.29 is 17.5 Å². The molecule has 0 fully saturated rings. The molecular formula is C27H26FN7O4S. The fourth-order valence-corrected chi connectivity index (χ4v) is 5.23. The van der Waals surface area contributed by atoms with Crippen molar-refractivity contribution in [3.05, 3.63) is 101 Å². The summed E-state index contributed by atoms with van der Waals surface area (Å²) < 4.78 is 50.4. The number of nitrogens with zero attached hydrogens (tertiary/aromatic N) is 7. The molecule has 0 unspecified atom stereocenters. The molecule has 0 radical (unpaired) electrons. The summed E-state index contributed by atoms with van der Waals surface area (Å²) >= 11 is 0. The number of aryl methyl sites for hydroxylation is 1. The van der Waals surface area contributed by atoms with E-state index >= 15 is 4.39 Å². The molecule has 0 N–H and O–H groups in total. The van der Waals surface area contributed by atoms with Crippen LogP contribution in [-0.4, -0.2) is 57.4 Å². The minimum atomic E-state index is -3.91. The van der Waals surface area contributed by atoms with Gasteiger partial charge in [-0.25, -0.2) is 18.3 Å². The number of hydrogen-bond acceptors (Lipinski definition) is 8. The van der Waals surface area contributed by atoms with E-state index in [0.29, 0.717) is 22.5 Å². The summed E-state index contributed by atoms with van der Waals surface area (Å²) in [5.74, 6) is -0.501. The van der Waals surface area contributed by atoms with Gasteiger partial charge in [0.05, 0.1) is 42.1 Å². The number of imidazole rings is 1. The predicted octanol–water partition coefficient (Wildman–Crippen LogP) is 3.43. The van der Waals surface area contributed by atoms with Crippen LogP contribution in [0.3, 0.4) is 0 Å². The molecule has 5 aromatic rings. The number of aromatic nitrogens is 5. The number of methoxy groups -OCH3 is 1. The normalized spacial score (nSPS) is 11.8. The Morgan fingerprint density at radius 1 is 1.07 bits per heavy atom. The lowest BCUT2D eigenvalue weighted by Gasteiger charge is -2.27. The lowest BCUT2D eigenvalue weighted by atomic mass is 10.1. The maximum Gasteiger partial charge on any atom is 0.308 e. The number of ether oxygens (including phenoxy) is 1. The van der Waals surface area contributed by atoms with Gasteiger partial charge in [-0.05, 0) is 55.0 Å². The van der Waals surface area contributed by atoms with Gasteiger partial charge in [0, 0.05) is 38.4 Å². The Bertz CT molecular complexity index is 1870. The molecule has 206 valence electrons. The van der Waals surface area contributed by atoms with Gasteiger partial charge in [0.15, 0.2) is 11.6 Å². The Hall–Kier alpha value is -4.62. The first-order chi connectivity index (χ1) is 19.1. The van der Waals surface area contributed by atoms with Gasteiger partial charge in [-0.15, -0.1) is 0 Å². The van der Waals surface area contributed by atoms with Crippen LogP contribution in [0.15, 0.2) is 78.4 Å². The van der Waals surface area contributed by atoms with Crippen LogP contribution in [0.4, 0.5) is 15.8 Å². The van der Waals surface area contributed by atoms with Crippen LogP contribution in [0, 0.1) is 12.7 Å². The van der Waals surface area contributed by atoms with Crippen LogP contribution >= 0.6 is 0 Å². The lowest BCUT2D eigenvalue weighted by molar-refractivity contribution is 0.386. The van der Waals surface area contributed by atoms with Crippen molar-refractivity contribution in [3.63, 3.8) is 0 Å². The van der Waals surface area contributed by atoms with E-state index in [1.54, 1.807) is 66.7 Å². The van der Waals surface area contributed by atoms with E-state index in [1.165, 1.54) is 44.5 Å². The second-order valence-corrected chi connectivity index (χ2v) is 11.2. The zero-order chi connectivity index (χ0) is 28.6. The van der Waals surface area contributed by atoms with Gasteiger partial charge in [-0.1, -0.05) is 0 Å². The van der Waals surface area contributed by atoms with E-state index in [2.05, 4.69) is 15.0 Å². The number of rotatable bonds is 8. The first kappa shape index (κ1) is 27.0. The van der Waals surface area contributed by atoms with Crippen LogP contribution in [0.1, 0.15) is 11.4 Å². The molecule has 0 saturated heterocycles. The molecule has 40 heavy (non-hydrogen) atoms. The van der Waals surface area contributed by atoms with Gasteiger partial charge in [0.2, 0.25) is 0 Å². The number of fused-ring (bicyclic) bond motifs is 1. The highest BCUT2D eigenvalue weighted by Gasteiger charge is 2.25. The van der Waals surface area contributed by atoms with Crippen molar-refractivity contribution in [1.29, 1.82) is 0 Å². The molecule has 13 heteroatoms. The second kappa shape index (κ2) is 10.5. The van der Waals surface area contributed by atoms with Crippen LogP contribution < -0.4 is 15.2 Å². The zero-order valence-corrected chi connectivity index (χ0v) is 23.0. The average Bonchev–Trinajstić information content (AvgIpc) is 3.43. The van der Waals surface area contributed by atoms with Crippen molar-refractivity contribution in [2.45, 2.75) is 13.5 Å². The van der Waals surface area contributed by atoms with Crippen LogP contribution in [0.5, 0.6) is 5.75 Å². The minimum absolute atomic E-state index is 0.0191. The van der Waals surface area contributed by atoms with Crippen molar-refractivity contribution in [2.75, 3.05) is 26.1 Å². The molecule has 0 aliphatic carbocycles. The maximum atomic E-state index is 15.8. The Balaban J connectivity index is 1.72. The molecule has 0 bridgehead atoms. The van der Waals surface area contributed by atoms with Crippen LogP contribution in [0.25, 0.3) is 16.6 Å². The van der Waals surface area contributed by atoms with Crippen molar-refractivity contribution in [3.8, 4) is 11.4 Å². The number of halogens is 1. The van der Waals surface area contributed by atoms with E-state index in [0.717, 1.165) is 8.28 Å². The Morgan fingerprint density at radius 2 is 1.88 bits per heavy atom. The van der Waals surface area contributed by atoms with Gasteiger partial charge in [-0.3, -0.25) is 14.3 Å². The van der Waals surface area contributed by atoms with Gasteiger partial charge >= 0.3 is 10.2 Å². The summed E-state index contributed by atoms with van der Waals surface area (Å²) in [5, 5.41) is 0.276. The second-order valence-electron chi connectivity index (χ2n) is 9.15. The monoisotopic (exact) mass is 563 g/mol. The molecule has 0 atom stereocenters. The minimum Gasteiger partial charge on any atom is -0.494 e. The molecule has 3 heterocycles. The van der Waals surface area contributed by atoms with E-state index in [1.807, 2.05) is 0 Å². The molecule has 0 aliphatic heterocycles. The summed E-state index contributed by atoms with van der Waals surface area (Å²) in [6.07, 6.45) is 7.26. The number of pyridine rings is 1. The predicted molar refractivity (Wildman–Crippen MR) is 149 cm³/mol. The van der Waals surface area contributed by atoms with Gasteiger partial charge < -0.3 is 9.64 Å². The van der Waals surface area contributed by atoms with Crippen molar-refractivity contribution in [1.82, 2.24) is 27.8 Å². The third-order valence-electron chi connectivity index (χ3n) is 6.34. The highest BCUT2D eigenvalue weighted by atomic mass is 32.2. The molecule has 3 aromatic heterocycles. The molecule has 5 rings (SSSR count). The summed E-state index contributed by atoms with van der Waals surface area (Å²) in [6, 6.07) is 11.6. The summed E-state index contributed by atoms with van der Waals surface area (Å²) in [6.45, 7) is 1.64. The van der Waals surface area contributed by atoms with Crippen LogP contribution in [0.2, 0.25) is 0 Å². The average molecular weight is 564 g/mol. The lowest BCUT2D eigenvalue weighted by Crippen LogP contribution is -2.31. The topological polar surface area (TPSA) is 115 Å². The van der Waals surface area contributed by atoms with Gasteiger partial charge in [0.1, 0.15) is 12.2 Å². The van der Waals surface area contributed by atoms with Crippen LogP contribution in [-0.2, 0) is 16.8 Å². The molecule has 0 spiro atoms. The fourth-order valence-electron chi connectivity index (χ4n) is 4.30. The summed E-state index contributed by atoms with van der Waals surface area (Å²) in [7, 11) is 0.273. The number of hydrogen-bond donors (Lipinski definition) is 0. The first-order valence-electron chi connectivity index (χ1n) is 12.1. The largest absolute Gasteiger partial charge is 0.494 e. The number of benzene rings is 2. The van der Waals surface area contributed by atoms with Gasteiger partial charge in [-0.2, -0.15) is 12.7 Å². The Morgan fingerprint density at radius 3 is 2.58 bits per heavy atom. The SMILES string of the molecule is COc1cc(C)cc(N(Cc2nccn2S(=O)(=O)N(C)C)c2ccc3ncn(-c4cccnc4)c(=O)c3c2)c1F. The first-order valence-corrected chi connectivity index (χ1v) is 13.5. The summed E-state index contributed by atoms with van der Waals surface area (Å²) in [5.41, 5.74) is 1.87. The highest BCUT2D eigenvalue weighted by molar-refractivity contribution is 7.87. The number of anilines is 2. The van der Waals surface area contributed by atoms with Gasteiger partial charge in [0.25, 0.3) is 5.56 Å². The third kappa shape index (κ3) is 4.80. The highest BCUT2D eigenvalue weighted by Crippen LogP contribution is 2.36. The van der Waals surface area contributed by atoms with Crippen molar-refractivity contribution >= 4 is 32.5 Å². The Kier molecular flexibility index (Phi) is 7.08. The van der Waals surface area contributed by atoms with E-state index in [4.69, 9.17) is 4.74 Å². The third-order valence-corrected chi connectivity index (χ3v) is 8.09. The molecule has 0 aliphatic rings. The standard InChI is InChI=1S/C27H26FN7O4S/c1-18-12-23(26(28)24(13-18)39-4)33(16-25-30-10-11-35(25)40(37,38)32(2)3)19-7-8-22-21(14-19)27(36)34(17-31-22)20-6-5-9-29-15-20/h5-15,17H,16H2,1-4H3. The Labute approximate surface area is 229 Å². The molecular weight excluding hydrogens is 537 g/mol. The summed E-state index contributed by atoms with van der Waals surface area (Å²) in [4.78, 5) is 27.8. The van der Waals surface area contributed by atoms with E-state index in [-0.39, 0.29) is 34.8 Å². The molecule has 0 amide bonds. The molecule has 0 saturated carbocycles. The zero-order valence-electron chi connectivity index (χ0n) is 22.2. The quantitative estimate of drug-likeness (QED) is 0.282. The maximum absolute atomic E-state index is 15.8. The fraction of sp³-hybridized carbons (Fsp3) is 0.185. The van der Waals surface area contributed by atoms with E-state index < -0.39 is 16.0 Å². The molecule has 11 nitrogen and oxygen atoms in total. The van der Waals surface area contributed by atoms with E-state index in [9.17, 15) is 13.2 Å². The van der Waals surface area contributed by atoms with Crippen molar-refractivity contribution in [2.24, 2.45) is 0 Å². The smallest absolute Gasteiger partial charge is 0.308 e. The molecule has 2 aromatic carbocycles.